The molecular formula is C10H21NO. The van der Waals surface area contributed by atoms with Crippen LogP contribution in [0.25, 0.3) is 0 Å². The molecule has 0 aromatic rings. The summed E-state index contributed by atoms with van der Waals surface area (Å²) in [6, 6.07) is 1.16. The van der Waals surface area contributed by atoms with Gasteiger partial charge in [-0.05, 0) is 12.8 Å². The predicted molar refractivity (Wildman–Crippen MR) is 51.3 cm³/mol. The van der Waals surface area contributed by atoms with Crippen LogP contribution < -0.4 is 5.32 Å². The van der Waals surface area contributed by atoms with Crippen LogP contribution in [0.4, 0.5) is 0 Å². The fourth-order valence-electron chi connectivity index (χ4n) is 2.00. The number of hydrogen-bond donors (Lipinski definition) is 1. The van der Waals surface area contributed by atoms with Gasteiger partial charge in [0.05, 0.1) is 6.10 Å². The minimum atomic E-state index is 0.446. The second-order valence-electron chi connectivity index (χ2n) is 3.99. The first-order chi connectivity index (χ1) is 5.74. The molecule has 0 aromatic heterocycles. The van der Waals surface area contributed by atoms with Crippen molar-refractivity contribution in [3.63, 3.8) is 0 Å². The van der Waals surface area contributed by atoms with Crippen molar-refractivity contribution in [1.82, 2.24) is 5.32 Å². The molecular weight excluding hydrogens is 150 g/mol. The topological polar surface area (TPSA) is 21.3 Å². The summed E-state index contributed by atoms with van der Waals surface area (Å²) in [6.07, 6.45) is 5.62. The Balaban J connectivity index is 2.36. The Kier molecular flexibility index (Phi) is 4.02. The summed E-state index contributed by atoms with van der Waals surface area (Å²) in [4.78, 5) is 0. The monoisotopic (exact) mass is 171 g/mol. The fraction of sp³-hybridized carbons (Fsp3) is 1.00. The highest BCUT2D eigenvalue weighted by Gasteiger charge is 2.24. The minimum Gasteiger partial charge on any atom is -0.380 e. The Labute approximate surface area is 75.7 Å². The van der Waals surface area contributed by atoms with Crippen molar-refractivity contribution < 1.29 is 4.74 Å². The van der Waals surface area contributed by atoms with Crippen LogP contribution >= 0.6 is 0 Å². The zero-order chi connectivity index (χ0) is 8.97. The standard InChI is InChI=1S/C10H21NO/c1-8(2)11-9-6-4-5-7-10(9)12-3/h8-11H,4-7H2,1-3H3. The first-order valence-electron chi connectivity index (χ1n) is 5.03. The molecule has 72 valence electrons. The normalized spacial score (nSPS) is 31.0. The molecule has 1 aliphatic carbocycles. The maximum absolute atomic E-state index is 5.44. The van der Waals surface area contributed by atoms with E-state index in [-0.39, 0.29) is 0 Å². The van der Waals surface area contributed by atoms with Gasteiger partial charge in [0, 0.05) is 19.2 Å². The fourth-order valence-corrected chi connectivity index (χ4v) is 2.00. The van der Waals surface area contributed by atoms with Gasteiger partial charge in [-0.1, -0.05) is 26.7 Å². The van der Waals surface area contributed by atoms with E-state index in [0.29, 0.717) is 18.2 Å². The van der Waals surface area contributed by atoms with E-state index >= 15 is 0 Å². The van der Waals surface area contributed by atoms with Gasteiger partial charge in [-0.3, -0.25) is 0 Å². The van der Waals surface area contributed by atoms with E-state index in [1.165, 1.54) is 25.7 Å². The lowest BCUT2D eigenvalue weighted by Gasteiger charge is -2.32. The molecule has 2 atom stereocenters. The molecule has 0 amide bonds. The van der Waals surface area contributed by atoms with Crippen LogP contribution in [0.15, 0.2) is 0 Å². The summed E-state index contributed by atoms with van der Waals surface area (Å²) >= 11 is 0. The van der Waals surface area contributed by atoms with Crippen molar-refractivity contribution in [2.75, 3.05) is 7.11 Å². The smallest absolute Gasteiger partial charge is 0.0724 e. The quantitative estimate of drug-likeness (QED) is 0.700. The molecule has 12 heavy (non-hydrogen) atoms. The third kappa shape index (κ3) is 2.76. The van der Waals surface area contributed by atoms with Gasteiger partial charge in [0.15, 0.2) is 0 Å². The van der Waals surface area contributed by atoms with Crippen molar-refractivity contribution in [2.45, 2.75) is 57.7 Å². The molecule has 0 saturated heterocycles. The van der Waals surface area contributed by atoms with Crippen LogP contribution in [0.1, 0.15) is 39.5 Å². The van der Waals surface area contributed by atoms with Crippen LogP contribution in [0.5, 0.6) is 0 Å². The van der Waals surface area contributed by atoms with Gasteiger partial charge in [0.25, 0.3) is 0 Å². The van der Waals surface area contributed by atoms with Crippen molar-refractivity contribution in [2.24, 2.45) is 0 Å². The Morgan fingerprint density at radius 1 is 1.25 bits per heavy atom. The molecule has 0 radical (unpaired) electrons. The van der Waals surface area contributed by atoms with Crippen molar-refractivity contribution in [1.29, 1.82) is 0 Å². The molecule has 1 fully saturated rings. The summed E-state index contributed by atoms with van der Waals surface area (Å²) in [5, 5.41) is 3.56. The average molecular weight is 171 g/mol. The van der Waals surface area contributed by atoms with Gasteiger partial charge in [0.1, 0.15) is 0 Å². The van der Waals surface area contributed by atoms with E-state index in [1.807, 2.05) is 7.11 Å². The van der Waals surface area contributed by atoms with Gasteiger partial charge < -0.3 is 10.1 Å². The summed E-state index contributed by atoms with van der Waals surface area (Å²) in [5.41, 5.74) is 0. The van der Waals surface area contributed by atoms with Gasteiger partial charge >= 0.3 is 0 Å². The zero-order valence-electron chi connectivity index (χ0n) is 8.47. The van der Waals surface area contributed by atoms with E-state index in [0.717, 1.165) is 0 Å². The predicted octanol–water partition coefficient (Wildman–Crippen LogP) is 1.94. The second kappa shape index (κ2) is 4.83. The SMILES string of the molecule is COC1CCCCC1NC(C)C. The Morgan fingerprint density at radius 3 is 2.50 bits per heavy atom. The highest BCUT2D eigenvalue weighted by molar-refractivity contribution is 4.82. The Hall–Kier alpha value is -0.0800. The number of methoxy groups -OCH3 is 1. The summed E-state index contributed by atoms with van der Waals surface area (Å²) in [6.45, 7) is 4.39. The summed E-state index contributed by atoms with van der Waals surface area (Å²) in [7, 11) is 1.82. The van der Waals surface area contributed by atoms with E-state index < -0.39 is 0 Å². The number of rotatable bonds is 3. The molecule has 0 aliphatic heterocycles. The average Bonchev–Trinajstić information content (AvgIpc) is 2.04. The van der Waals surface area contributed by atoms with Crippen LogP contribution in [0.3, 0.4) is 0 Å². The highest BCUT2D eigenvalue weighted by atomic mass is 16.5. The Bertz CT molecular complexity index is 125. The van der Waals surface area contributed by atoms with Gasteiger partial charge in [-0.25, -0.2) is 0 Å². The number of ether oxygens (including phenoxy) is 1. The molecule has 2 unspecified atom stereocenters. The largest absolute Gasteiger partial charge is 0.380 e. The number of hydrogen-bond acceptors (Lipinski definition) is 2. The van der Waals surface area contributed by atoms with E-state index in [1.54, 1.807) is 0 Å². The highest BCUT2D eigenvalue weighted by Crippen LogP contribution is 2.20. The van der Waals surface area contributed by atoms with E-state index in [9.17, 15) is 0 Å². The molecule has 1 N–H and O–H groups in total. The molecule has 0 spiro atoms. The lowest BCUT2D eigenvalue weighted by molar-refractivity contribution is 0.0392. The summed E-state index contributed by atoms with van der Waals surface area (Å²) in [5.74, 6) is 0. The molecule has 2 heteroatoms. The van der Waals surface area contributed by atoms with Gasteiger partial charge in [-0.15, -0.1) is 0 Å². The van der Waals surface area contributed by atoms with Crippen LogP contribution in [-0.2, 0) is 4.74 Å². The van der Waals surface area contributed by atoms with E-state index in [4.69, 9.17) is 4.74 Å². The molecule has 1 rings (SSSR count). The zero-order valence-corrected chi connectivity index (χ0v) is 8.47. The van der Waals surface area contributed by atoms with Crippen LogP contribution in [0.2, 0.25) is 0 Å². The molecule has 1 saturated carbocycles. The lowest BCUT2D eigenvalue weighted by atomic mass is 9.92. The number of nitrogens with one attached hydrogen (secondary N) is 1. The third-order valence-electron chi connectivity index (χ3n) is 2.55. The lowest BCUT2D eigenvalue weighted by Crippen LogP contribution is -2.45. The first-order valence-corrected chi connectivity index (χ1v) is 5.03. The summed E-state index contributed by atoms with van der Waals surface area (Å²) < 4.78 is 5.44. The minimum absolute atomic E-state index is 0.446. The van der Waals surface area contributed by atoms with Crippen LogP contribution in [-0.4, -0.2) is 25.3 Å². The molecule has 0 aromatic carbocycles. The second-order valence-corrected chi connectivity index (χ2v) is 3.99. The van der Waals surface area contributed by atoms with Crippen molar-refractivity contribution >= 4 is 0 Å². The van der Waals surface area contributed by atoms with Gasteiger partial charge in [-0.2, -0.15) is 0 Å². The van der Waals surface area contributed by atoms with E-state index in [2.05, 4.69) is 19.2 Å². The molecule has 0 heterocycles. The van der Waals surface area contributed by atoms with Gasteiger partial charge in [0.2, 0.25) is 0 Å². The molecule has 0 bridgehead atoms. The molecule has 1 aliphatic rings. The maximum atomic E-state index is 5.44. The van der Waals surface area contributed by atoms with Crippen molar-refractivity contribution in [3.05, 3.63) is 0 Å². The Morgan fingerprint density at radius 2 is 1.92 bits per heavy atom. The molecule has 2 nitrogen and oxygen atoms in total. The van der Waals surface area contributed by atoms with Crippen LogP contribution in [0, 0.1) is 0 Å². The third-order valence-corrected chi connectivity index (χ3v) is 2.55. The maximum Gasteiger partial charge on any atom is 0.0724 e. The first kappa shape index (κ1) is 10.0. The van der Waals surface area contributed by atoms with Crippen molar-refractivity contribution in [3.8, 4) is 0 Å².